The molecule has 0 radical (unpaired) electrons. The zero-order valence-corrected chi connectivity index (χ0v) is 18.6. The van der Waals surface area contributed by atoms with Crippen molar-refractivity contribution in [1.29, 1.82) is 0 Å². The summed E-state index contributed by atoms with van der Waals surface area (Å²) < 4.78 is 52.7. The Bertz CT molecular complexity index is 1210. The Morgan fingerprint density at radius 3 is 2.14 bits per heavy atom. The summed E-state index contributed by atoms with van der Waals surface area (Å²) in [4.78, 5) is 25.2. The van der Waals surface area contributed by atoms with Crippen molar-refractivity contribution in [3.05, 3.63) is 89.7 Å². The van der Waals surface area contributed by atoms with Crippen molar-refractivity contribution in [1.82, 2.24) is 0 Å². The topological polar surface area (TPSA) is 66.4 Å². The molecule has 3 aromatic carbocycles. The zero-order valence-electron chi connectivity index (χ0n) is 18.6. The Balaban J connectivity index is 1.55. The molecule has 0 saturated heterocycles. The first kappa shape index (κ1) is 24.4. The van der Waals surface area contributed by atoms with E-state index < -0.39 is 52.9 Å². The summed E-state index contributed by atoms with van der Waals surface area (Å²) in [5, 5.41) is 12.3. The van der Waals surface area contributed by atoms with Crippen LogP contribution in [0.2, 0.25) is 0 Å². The molecular formula is C27H23F4NO3. The molecule has 0 aliphatic heterocycles. The number of aliphatic carboxylic acids is 1. The molecule has 182 valence electrons. The van der Waals surface area contributed by atoms with Crippen LogP contribution < -0.4 is 5.32 Å². The number of carbonyl (C=O) groups is 2. The Morgan fingerprint density at radius 2 is 1.54 bits per heavy atom. The summed E-state index contributed by atoms with van der Waals surface area (Å²) in [7, 11) is 0. The minimum atomic E-state index is -4.72. The number of amides is 1. The van der Waals surface area contributed by atoms with Gasteiger partial charge in [-0.1, -0.05) is 61.0 Å². The molecular weight excluding hydrogens is 462 g/mol. The van der Waals surface area contributed by atoms with Gasteiger partial charge in [0, 0.05) is 0 Å². The SMILES string of the molecule is O=C(O)[C@@H]1[C@@H](c2ccc(-c3ccccc3)cc2)CCC[C@H]1C(=O)Nc1ccc(C(F)(F)F)cc1F. The summed E-state index contributed by atoms with van der Waals surface area (Å²) in [6, 6.07) is 19.1. The van der Waals surface area contributed by atoms with Crippen molar-refractivity contribution in [3.63, 3.8) is 0 Å². The van der Waals surface area contributed by atoms with Gasteiger partial charge in [-0.2, -0.15) is 13.2 Å². The number of carboxylic acid groups (broad SMARTS) is 1. The summed E-state index contributed by atoms with van der Waals surface area (Å²) in [5.74, 6) is -5.54. The summed E-state index contributed by atoms with van der Waals surface area (Å²) >= 11 is 0. The van der Waals surface area contributed by atoms with Gasteiger partial charge in [0.15, 0.2) is 0 Å². The average Bonchev–Trinajstić information content (AvgIpc) is 2.84. The van der Waals surface area contributed by atoms with E-state index in [1.54, 1.807) is 0 Å². The predicted octanol–water partition coefficient (Wildman–Crippen LogP) is 6.73. The van der Waals surface area contributed by atoms with Crippen LogP contribution in [0.4, 0.5) is 23.2 Å². The first-order valence-electron chi connectivity index (χ1n) is 11.2. The molecule has 35 heavy (non-hydrogen) atoms. The molecule has 1 fully saturated rings. The van der Waals surface area contributed by atoms with Crippen LogP contribution >= 0.6 is 0 Å². The number of alkyl halides is 3. The molecule has 3 atom stereocenters. The summed E-state index contributed by atoms with van der Waals surface area (Å²) in [6.45, 7) is 0. The molecule has 0 bridgehead atoms. The highest BCUT2D eigenvalue weighted by Crippen LogP contribution is 2.43. The molecule has 8 heteroatoms. The third-order valence-electron chi connectivity index (χ3n) is 6.52. The quantitative estimate of drug-likeness (QED) is 0.394. The highest BCUT2D eigenvalue weighted by Gasteiger charge is 2.43. The van der Waals surface area contributed by atoms with E-state index in [0.717, 1.165) is 22.8 Å². The molecule has 2 N–H and O–H groups in total. The van der Waals surface area contributed by atoms with Crippen LogP contribution in [-0.4, -0.2) is 17.0 Å². The fraction of sp³-hybridized carbons (Fsp3) is 0.259. The van der Waals surface area contributed by atoms with E-state index >= 15 is 0 Å². The molecule has 1 aliphatic rings. The van der Waals surface area contributed by atoms with E-state index in [-0.39, 0.29) is 6.42 Å². The number of hydrogen-bond donors (Lipinski definition) is 2. The Labute approximate surface area is 199 Å². The summed E-state index contributed by atoms with van der Waals surface area (Å²) in [5.41, 5.74) is 1.20. The second-order valence-corrected chi connectivity index (χ2v) is 8.68. The van der Waals surface area contributed by atoms with Crippen LogP contribution in [0.25, 0.3) is 11.1 Å². The number of halogens is 4. The molecule has 1 amide bonds. The third kappa shape index (κ3) is 5.37. The van der Waals surface area contributed by atoms with Crippen molar-refractivity contribution in [2.45, 2.75) is 31.4 Å². The van der Waals surface area contributed by atoms with Crippen LogP contribution in [-0.2, 0) is 15.8 Å². The van der Waals surface area contributed by atoms with Gasteiger partial charge in [-0.05, 0) is 53.6 Å². The lowest BCUT2D eigenvalue weighted by molar-refractivity contribution is -0.148. The van der Waals surface area contributed by atoms with Crippen molar-refractivity contribution in [3.8, 4) is 11.1 Å². The third-order valence-corrected chi connectivity index (χ3v) is 6.52. The minimum Gasteiger partial charge on any atom is -0.481 e. The number of hydrogen-bond acceptors (Lipinski definition) is 2. The van der Waals surface area contributed by atoms with Gasteiger partial charge in [0.1, 0.15) is 5.82 Å². The number of carboxylic acids is 1. The maximum atomic E-state index is 14.3. The second-order valence-electron chi connectivity index (χ2n) is 8.68. The number of anilines is 1. The number of carbonyl (C=O) groups excluding carboxylic acids is 1. The number of benzene rings is 3. The number of nitrogens with one attached hydrogen (secondary N) is 1. The standard InChI is InChI=1S/C27H23F4NO3/c28-22-15-19(27(29,30)31)13-14-23(22)32-25(33)21-8-4-7-20(24(21)26(34)35)18-11-9-17(10-12-18)16-5-2-1-3-6-16/h1-3,5-6,9-15,20-21,24H,4,7-8H2,(H,32,33)(H,34,35)/t20-,21-,24-/m1/s1. The Morgan fingerprint density at radius 1 is 0.886 bits per heavy atom. The molecule has 0 heterocycles. The fourth-order valence-electron chi connectivity index (χ4n) is 4.78. The first-order chi connectivity index (χ1) is 16.6. The van der Waals surface area contributed by atoms with Crippen LogP contribution in [0, 0.1) is 17.7 Å². The van der Waals surface area contributed by atoms with Gasteiger partial charge in [-0.15, -0.1) is 0 Å². The zero-order chi connectivity index (χ0) is 25.2. The summed E-state index contributed by atoms with van der Waals surface area (Å²) in [6.07, 6.45) is -3.28. The predicted molar refractivity (Wildman–Crippen MR) is 123 cm³/mol. The van der Waals surface area contributed by atoms with E-state index in [0.29, 0.717) is 25.0 Å². The van der Waals surface area contributed by atoms with Crippen molar-refractivity contribution in [2.75, 3.05) is 5.32 Å². The van der Waals surface area contributed by atoms with Crippen molar-refractivity contribution in [2.24, 2.45) is 11.8 Å². The lowest BCUT2D eigenvalue weighted by Gasteiger charge is -2.35. The molecule has 0 unspecified atom stereocenters. The van der Waals surface area contributed by atoms with Gasteiger partial charge in [-0.3, -0.25) is 9.59 Å². The number of rotatable bonds is 5. The Kier molecular flexibility index (Phi) is 6.91. The molecule has 0 aromatic heterocycles. The van der Waals surface area contributed by atoms with Crippen LogP contribution in [0.1, 0.15) is 36.3 Å². The van der Waals surface area contributed by atoms with Crippen LogP contribution in [0.15, 0.2) is 72.8 Å². The minimum absolute atomic E-state index is 0.281. The molecule has 4 nitrogen and oxygen atoms in total. The van der Waals surface area contributed by atoms with E-state index in [1.807, 2.05) is 54.6 Å². The molecule has 1 saturated carbocycles. The lowest BCUT2D eigenvalue weighted by atomic mass is 9.69. The van der Waals surface area contributed by atoms with Gasteiger partial charge < -0.3 is 10.4 Å². The lowest BCUT2D eigenvalue weighted by Crippen LogP contribution is -2.40. The van der Waals surface area contributed by atoms with Gasteiger partial charge in [0.05, 0.1) is 23.1 Å². The van der Waals surface area contributed by atoms with E-state index in [4.69, 9.17) is 0 Å². The largest absolute Gasteiger partial charge is 0.481 e. The molecule has 0 spiro atoms. The van der Waals surface area contributed by atoms with Gasteiger partial charge in [0.25, 0.3) is 0 Å². The van der Waals surface area contributed by atoms with Crippen LogP contribution in [0.3, 0.4) is 0 Å². The normalized spacial score (nSPS) is 20.3. The van der Waals surface area contributed by atoms with Gasteiger partial charge in [-0.25, -0.2) is 4.39 Å². The smallest absolute Gasteiger partial charge is 0.416 e. The van der Waals surface area contributed by atoms with Gasteiger partial charge >= 0.3 is 12.1 Å². The second kappa shape index (κ2) is 9.90. The molecule has 4 rings (SSSR count). The Hall–Kier alpha value is -3.68. The first-order valence-corrected chi connectivity index (χ1v) is 11.2. The maximum absolute atomic E-state index is 14.3. The molecule has 3 aromatic rings. The van der Waals surface area contributed by atoms with Crippen molar-refractivity contribution >= 4 is 17.6 Å². The monoisotopic (exact) mass is 485 g/mol. The van der Waals surface area contributed by atoms with E-state index in [9.17, 15) is 32.3 Å². The highest BCUT2D eigenvalue weighted by atomic mass is 19.4. The highest BCUT2D eigenvalue weighted by molar-refractivity contribution is 5.95. The van der Waals surface area contributed by atoms with E-state index in [1.165, 1.54) is 0 Å². The van der Waals surface area contributed by atoms with Crippen LogP contribution in [0.5, 0.6) is 0 Å². The van der Waals surface area contributed by atoms with E-state index in [2.05, 4.69) is 5.32 Å². The molecule has 1 aliphatic carbocycles. The maximum Gasteiger partial charge on any atom is 0.416 e. The van der Waals surface area contributed by atoms with Crippen molar-refractivity contribution < 1.29 is 32.3 Å². The van der Waals surface area contributed by atoms with Gasteiger partial charge in [0.2, 0.25) is 5.91 Å². The fourth-order valence-corrected chi connectivity index (χ4v) is 4.78. The average molecular weight is 485 g/mol.